The van der Waals surface area contributed by atoms with E-state index < -0.39 is 17.4 Å². The molecule has 0 aliphatic heterocycles. The third-order valence-corrected chi connectivity index (χ3v) is 3.23. The van der Waals surface area contributed by atoms with Crippen LogP contribution in [0.2, 0.25) is 0 Å². The topological polar surface area (TPSA) is 74.6 Å². The van der Waals surface area contributed by atoms with Gasteiger partial charge in [0.25, 0.3) is 0 Å². The molecule has 0 spiro atoms. The number of carbonyl (C=O) groups is 2. The van der Waals surface area contributed by atoms with Gasteiger partial charge in [-0.3, -0.25) is 0 Å². The molecule has 0 saturated heterocycles. The second-order valence-electron chi connectivity index (χ2n) is 5.63. The van der Waals surface area contributed by atoms with E-state index in [2.05, 4.69) is 0 Å². The predicted octanol–water partition coefficient (Wildman–Crippen LogP) is 2.69. The van der Waals surface area contributed by atoms with Crippen LogP contribution >= 0.6 is 0 Å². The van der Waals surface area contributed by atoms with E-state index in [1.54, 1.807) is 20.8 Å². The van der Waals surface area contributed by atoms with Gasteiger partial charge in [0, 0.05) is 0 Å². The molecule has 17 heavy (non-hydrogen) atoms. The molecule has 2 N–H and O–H groups in total. The van der Waals surface area contributed by atoms with Gasteiger partial charge in [0.05, 0.1) is 11.1 Å². The summed E-state index contributed by atoms with van der Waals surface area (Å²) in [6.45, 7) is 5.23. The highest BCUT2D eigenvalue weighted by Gasteiger charge is 2.35. The van der Waals surface area contributed by atoms with Crippen LogP contribution in [-0.4, -0.2) is 22.2 Å². The minimum absolute atomic E-state index is 0.0527. The molecule has 1 saturated carbocycles. The lowest BCUT2D eigenvalue weighted by molar-refractivity contribution is -0.137. The zero-order valence-electron chi connectivity index (χ0n) is 10.6. The molecule has 1 aliphatic carbocycles. The molecule has 0 amide bonds. The Morgan fingerprint density at radius 3 is 1.76 bits per heavy atom. The van der Waals surface area contributed by atoms with Crippen molar-refractivity contribution in [2.75, 3.05) is 0 Å². The molecule has 0 aromatic heterocycles. The molecule has 96 valence electrons. The summed E-state index contributed by atoms with van der Waals surface area (Å²) in [6.07, 6.45) is 3.54. The van der Waals surface area contributed by atoms with Crippen molar-refractivity contribution in [1.82, 2.24) is 0 Å². The van der Waals surface area contributed by atoms with E-state index in [0.29, 0.717) is 0 Å². The SMILES string of the molecule is CC(C)(C)/C(C(=O)O)=C(\C(=O)O)C1CCCC1. The van der Waals surface area contributed by atoms with Gasteiger partial charge >= 0.3 is 11.9 Å². The summed E-state index contributed by atoms with van der Waals surface area (Å²) in [4.78, 5) is 22.7. The number of rotatable bonds is 3. The Hall–Kier alpha value is -1.32. The van der Waals surface area contributed by atoms with Crippen LogP contribution in [0.15, 0.2) is 11.1 Å². The van der Waals surface area contributed by atoms with Crippen LogP contribution in [-0.2, 0) is 9.59 Å². The number of carboxylic acid groups (broad SMARTS) is 2. The standard InChI is InChI=1S/C13H20O4/c1-13(2,3)10(12(16)17)9(11(14)15)8-6-4-5-7-8/h8H,4-7H2,1-3H3,(H,14,15)(H,16,17)/b10-9-. The maximum absolute atomic E-state index is 11.4. The monoisotopic (exact) mass is 240 g/mol. The van der Waals surface area contributed by atoms with Gasteiger partial charge in [-0.25, -0.2) is 9.59 Å². The van der Waals surface area contributed by atoms with Crippen LogP contribution in [0, 0.1) is 11.3 Å². The minimum atomic E-state index is -1.11. The minimum Gasteiger partial charge on any atom is -0.478 e. The van der Waals surface area contributed by atoms with E-state index in [4.69, 9.17) is 0 Å². The first kappa shape index (κ1) is 13.7. The molecule has 0 atom stereocenters. The summed E-state index contributed by atoms with van der Waals surface area (Å²) >= 11 is 0. The lowest BCUT2D eigenvalue weighted by atomic mass is 9.79. The smallest absolute Gasteiger partial charge is 0.332 e. The van der Waals surface area contributed by atoms with E-state index in [1.807, 2.05) is 0 Å². The van der Waals surface area contributed by atoms with Crippen LogP contribution in [0.4, 0.5) is 0 Å². The van der Waals surface area contributed by atoms with Crippen molar-refractivity contribution in [2.24, 2.45) is 11.3 Å². The Morgan fingerprint density at radius 1 is 1.00 bits per heavy atom. The first-order valence-corrected chi connectivity index (χ1v) is 5.96. The fourth-order valence-electron chi connectivity index (χ4n) is 2.54. The summed E-state index contributed by atoms with van der Waals surface area (Å²) in [5, 5.41) is 18.6. The number of hydrogen-bond acceptors (Lipinski definition) is 2. The molecule has 1 fully saturated rings. The molecule has 0 unspecified atom stereocenters. The molecule has 4 nitrogen and oxygen atoms in total. The van der Waals surface area contributed by atoms with Gasteiger partial charge in [-0.1, -0.05) is 33.6 Å². The van der Waals surface area contributed by atoms with Crippen LogP contribution < -0.4 is 0 Å². The zero-order valence-corrected chi connectivity index (χ0v) is 10.6. The first-order valence-electron chi connectivity index (χ1n) is 5.96. The molecule has 0 heterocycles. The Morgan fingerprint density at radius 2 is 1.47 bits per heavy atom. The van der Waals surface area contributed by atoms with Crippen LogP contribution in [0.1, 0.15) is 46.5 Å². The Balaban J connectivity index is 3.31. The molecule has 4 heteroatoms. The summed E-state index contributed by atoms with van der Waals surface area (Å²) in [5.74, 6) is -2.29. The molecule has 0 aromatic carbocycles. The fourth-order valence-corrected chi connectivity index (χ4v) is 2.54. The van der Waals surface area contributed by atoms with Crippen molar-refractivity contribution in [1.29, 1.82) is 0 Å². The highest BCUT2D eigenvalue weighted by Crippen LogP contribution is 2.38. The van der Waals surface area contributed by atoms with Gasteiger partial charge in [0.1, 0.15) is 0 Å². The van der Waals surface area contributed by atoms with Crippen molar-refractivity contribution in [3.8, 4) is 0 Å². The Labute approximate surface area is 101 Å². The second kappa shape index (κ2) is 4.90. The van der Waals surface area contributed by atoms with Gasteiger partial charge in [0.2, 0.25) is 0 Å². The lowest BCUT2D eigenvalue weighted by Gasteiger charge is -2.24. The molecular formula is C13H20O4. The van der Waals surface area contributed by atoms with Gasteiger partial charge in [-0.2, -0.15) is 0 Å². The van der Waals surface area contributed by atoms with Gasteiger partial charge in [-0.05, 0) is 24.2 Å². The summed E-state index contributed by atoms with van der Waals surface area (Å²) in [5.41, 5.74) is -0.485. The molecule has 0 aromatic rings. The maximum atomic E-state index is 11.4. The van der Waals surface area contributed by atoms with Crippen molar-refractivity contribution in [2.45, 2.75) is 46.5 Å². The molecule has 1 rings (SSSR count). The highest BCUT2D eigenvalue weighted by molar-refractivity contribution is 6.00. The maximum Gasteiger partial charge on any atom is 0.332 e. The molecule has 1 aliphatic rings. The Kier molecular flexibility index (Phi) is 3.96. The third kappa shape index (κ3) is 3.08. The number of hydrogen-bond donors (Lipinski definition) is 2. The highest BCUT2D eigenvalue weighted by atomic mass is 16.4. The number of carboxylic acids is 2. The molecule has 0 bridgehead atoms. The van der Waals surface area contributed by atoms with E-state index >= 15 is 0 Å². The lowest BCUT2D eigenvalue weighted by Crippen LogP contribution is -2.25. The third-order valence-electron chi connectivity index (χ3n) is 3.23. The Bertz CT molecular complexity index is 354. The van der Waals surface area contributed by atoms with Crippen LogP contribution in [0.5, 0.6) is 0 Å². The van der Waals surface area contributed by atoms with Crippen molar-refractivity contribution in [3.63, 3.8) is 0 Å². The van der Waals surface area contributed by atoms with Crippen molar-refractivity contribution >= 4 is 11.9 Å². The number of aliphatic carboxylic acids is 2. The molecular weight excluding hydrogens is 220 g/mol. The first-order chi connectivity index (χ1) is 7.75. The van der Waals surface area contributed by atoms with E-state index in [1.165, 1.54) is 0 Å². The normalized spacial score (nSPS) is 19.0. The van der Waals surface area contributed by atoms with Crippen molar-refractivity contribution < 1.29 is 19.8 Å². The summed E-state index contributed by atoms with van der Waals surface area (Å²) in [6, 6.07) is 0. The van der Waals surface area contributed by atoms with Gasteiger partial charge < -0.3 is 10.2 Å². The van der Waals surface area contributed by atoms with E-state index in [-0.39, 0.29) is 17.1 Å². The van der Waals surface area contributed by atoms with Crippen molar-refractivity contribution in [3.05, 3.63) is 11.1 Å². The predicted molar refractivity (Wildman–Crippen MR) is 63.7 cm³/mol. The van der Waals surface area contributed by atoms with Crippen LogP contribution in [0.25, 0.3) is 0 Å². The summed E-state index contributed by atoms with van der Waals surface area (Å²) in [7, 11) is 0. The second-order valence-corrected chi connectivity index (χ2v) is 5.63. The quantitative estimate of drug-likeness (QED) is 0.744. The largest absolute Gasteiger partial charge is 0.478 e. The average molecular weight is 240 g/mol. The summed E-state index contributed by atoms with van der Waals surface area (Å²) < 4.78 is 0. The van der Waals surface area contributed by atoms with Crippen LogP contribution in [0.3, 0.4) is 0 Å². The van der Waals surface area contributed by atoms with Gasteiger partial charge in [0.15, 0.2) is 0 Å². The van der Waals surface area contributed by atoms with E-state index in [9.17, 15) is 19.8 Å². The van der Waals surface area contributed by atoms with E-state index in [0.717, 1.165) is 25.7 Å². The fraction of sp³-hybridized carbons (Fsp3) is 0.692. The van der Waals surface area contributed by atoms with Gasteiger partial charge in [-0.15, -0.1) is 0 Å². The zero-order chi connectivity index (χ0) is 13.2. The average Bonchev–Trinajstić information content (AvgIpc) is 2.62. The molecule has 0 radical (unpaired) electrons.